The lowest BCUT2D eigenvalue weighted by molar-refractivity contribution is -0.136. The minimum Gasteiger partial charge on any atom is -0.380 e. The molecule has 0 unspecified atom stereocenters. The van der Waals surface area contributed by atoms with Gasteiger partial charge in [-0.3, -0.25) is 4.79 Å². The van der Waals surface area contributed by atoms with E-state index in [1.165, 1.54) is 23.7 Å². The Bertz CT molecular complexity index is 1200. The third-order valence-corrected chi connectivity index (χ3v) is 8.26. The SMILES string of the molecule is C[C@@H](CNc1ncc(SC(F)F)cn1)CNc1nc2ccc(C(=O)N3CCC4(CC3)COC4)cc2s1. The summed E-state index contributed by atoms with van der Waals surface area (Å²) in [7, 11) is 0. The first-order valence-corrected chi connectivity index (χ1v) is 13.6. The average molecular weight is 535 g/mol. The minimum atomic E-state index is -2.49. The third-order valence-electron chi connectivity index (χ3n) is 6.63. The monoisotopic (exact) mass is 534 g/mol. The number of amides is 1. The Balaban J connectivity index is 1.11. The molecule has 2 aliphatic rings. The fourth-order valence-electron chi connectivity index (χ4n) is 4.35. The number of benzene rings is 1. The zero-order valence-electron chi connectivity index (χ0n) is 19.9. The first-order chi connectivity index (χ1) is 17.4. The molecule has 0 radical (unpaired) electrons. The van der Waals surface area contributed by atoms with Crippen LogP contribution in [0, 0.1) is 11.3 Å². The van der Waals surface area contributed by atoms with E-state index in [1.807, 2.05) is 23.1 Å². The zero-order chi connectivity index (χ0) is 25.1. The second-order valence-electron chi connectivity index (χ2n) is 9.47. The molecule has 0 saturated carbocycles. The summed E-state index contributed by atoms with van der Waals surface area (Å²) in [5.41, 5.74) is 1.87. The van der Waals surface area contributed by atoms with Gasteiger partial charge >= 0.3 is 0 Å². The van der Waals surface area contributed by atoms with Gasteiger partial charge in [0.1, 0.15) is 0 Å². The number of alkyl halides is 2. The van der Waals surface area contributed by atoms with Crippen molar-refractivity contribution in [3.05, 3.63) is 36.2 Å². The summed E-state index contributed by atoms with van der Waals surface area (Å²) in [6.07, 6.45) is 4.80. The van der Waals surface area contributed by atoms with Crippen LogP contribution in [0.15, 0.2) is 35.5 Å². The summed E-state index contributed by atoms with van der Waals surface area (Å²) >= 11 is 1.96. The summed E-state index contributed by atoms with van der Waals surface area (Å²) in [5, 5.41) is 7.30. The molecule has 192 valence electrons. The number of rotatable bonds is 9. The highest BCUT2D eigenvalue weighted by atomic mass is 32.2. The van der Waals surface area contributed by atoms with Gasteiger partial charge in [-0.15, -0.1) is 0 Å². The zero-order valence-corrected chi connectivity index (χ0v) is 21.5. The number of fused-ring (bicyclic) bond motifs is 1. The average Bonchev–Trinajstić information content (AvgIpc) is 3.27. The Morgan fingerprint density at radius 1 is 1.19 bits per heavy atom. The van der Waals surface area contributed by atoms with E-state index in [2.05, 4.69) is 32.5 Å². The molecular formula is C24H28F2N6O2S2. The van der Waals surface area contributed by atoms with E-state index >= 15 is 0 Å². The van der Waals surface area contributed by atoms with E-state index in [9.17, 15) is 13.6 Å². The van der Waals surface area contributed by atoms with Gasteiger partial charge in [0.25, 0.3) is 11.7 Å². The number of likely N-dealkylation sites (tertiary alicyclic amines) is 1. The van der Waals surface area contributed by atoms with Crippen LogP contribution in [0.3, 0.4) is 0 Å². The van der Waals surface area contributed by atoms with Crippen molar-refractivity contribution in [3.8, 4) is 0 Å². The van der Waals surface area contributed by atoms with Crippen molar-refractivity contribution in [1.29, 1.82) is 0 Å². The third kappa shape index (κ3) is 5.87. The van der Waals surface area contributed by atoms with Crippen LogP contribution in [0.2, 0.25) is 0 Å². The Morgan fingerprint density at radius 3 is 2.58 bits per heavy atom. The molecule has 2 aromatic heterocycles. The highest BCUT2D eigenvalue weighted by molar-refractivity contribution is 7.99. The number of anilines is 2. The van der Waals surface area contributed by atoms with Gasteiger partial charge in [0.05, 0.1) is 23.4 Å². The van der Waals surface area contributed by atoms with Crippen LogP contribution < -0.4 is 10.6 Å². The number of carbonyl (C=O) groups is 1. The predicted molar refractivity (Wildman–Crippen MR) is 138 cm³/mol. The number of thioether (sulfide) groups is 1. The van der Waals surface area contributed by atoms with Crippen LogP contribution in [0.25, 0.3) is 10.2 Å². The van der Waals surface area contributed by atoms with Gasteiger partial charge < -0.3 is 20.3 Å². The molecular weight excluding hydrogens is 506 g/mol. The molecule has 4 heterocycles. The number of nitrogens with one attached hydrogen (secondary N) is 2. The number of hydrogen-bond donors (Lipinski definition) is 2. The van der Waals surface area contributed by atoms with Gasteiger partial charge in [-0.05, 0) is 37.0 Å². The molecule has 1 amide bonds. The van der Waals surface area contributed by atoms with Crippen LogP contribution in [0.5, 0.6) is 0 Å². The number of carbonyl (C=O) groups excluding carboxylic acids is 1. The standard InChI is InChI=1S/C24H28F2N6O2S2/c1-15(9-27-22-28-11-17(12-29-22)35-21(25)26)10-30-23-31-18-3-2-16(8-19(18)36-23)20(33)32-6-4-24(5-7-32)13-34-14-24/h2-3,8,11-12,15,21H,4-7,9-10,13-14H2,1H3,(H,30,31)(H,27,28,29)/t15-/m0/s1. The highest BCUT2D eigenvalue weighted by Gasteiger charge is 2.42. The molecule has 2 fully saturated rings. The van der Waals surface area contributed by atoms with Gasteiger partial charge in [0.2, 0.25) is 5.95 Å². The maximum absolute atomic E-state index is 13.0. The van der Waals surface area contributed by atoms with Crippen molar-refractivity contribution in [1.82, 2.24) is 19.9 Å². The lowest BCUT2D eigenvalue weighted by Crippen LogP contribution is -2.52. The first kappa shape index (κ1) is 25.1. The molecule has 8 nitrogen and oxygen atoms in total. The van der Waals surface area contributed by atoms with Gasteiger partial charge in [-0.1, -0.05) is 30.0 Å². The molecule has 3 aromatic rings. The molecule has 12 heteroatoms. The van der Waals surface area contributed by atoms with Gasteiger partial charge in [0.15, 0.2) is 5.13 Å². The van der Waals surface area contributed by atoms with E-state index in [4.69, 9.17) is 4.74 Å². The second kappa shape index (κ2) is 10.8. The molecule has 2 aliphatic heterocycles. The highest BCUT2D eigenvalue weighted by Crippen LogP contribution is 2.38. The van der Waals surface area contributed by atoms with E-state index < -0.39 is 5.76 Å². The largest absolute Gasteiger partial charge is 0.380 e. The van der Waals surface area contributed by atoms with Gasteiger partial charge in [0, 0.05) is 54.4 Å². The fourth-order valence-corrected chi connectivity index (χ4v) is 5.69. The Morgan fingerprint density at radius 2 is 1.92 bits per heavy atom. The number of ether oxygens (including phenoxy) is 1. The normalized spacial score (nSPS) is 17.8. The van der Waals surface area contributed by atoms with Crippen molar-refractivity contribution in [2.24, 2.45) is 11.3 Å². The molecule has 5 rings (SSSR count). The van der Waals surface area contributed by atoms with E-state index in [0.717, 1.165) is 54.5 Å². The number of hydrogen-bond acceptors (Lipinski definition) is 9. The number of thiazole rings is 1. The molecule has 1 spiro atoms. The summed E-state index contributed by atoms with van der Waals surface area (Å²) in [5.74, 6) is -1.77. The molecule has 36 heavy (non-hydrogen) atoms. The molecule has 2 saturated heterocycles. The predicted octanol–water partition coefficient (Wildman–Crippen LogP) is 4.81. The Hall–Kier alpha value is -2.57. The minimum absolute atomic E-state index is 0.0812. The number of piperidine rings is 1. The number of halogens is 2. The van der Waals surface area contributed by atoms with Crippen LogP contribution in [0.1, 0.15) is 30.1 Å². The molecule has 2 N–H and O–H groups in total. The van der Waals surface area contributed by atoms with Gasteiger partial charge in [-0.2, -0.15) is 8.78 Å². The van der Waals surface area contributed by atoms with E-state index in [1.54, 1.807) is 0 Å². The number of nitrogens with zero attached hydrogens (tertiary/aromatic N) is 4. The van der Waals surface area contributed by atoms with Crippen molar-refractivity contribution < 1.29 is 18.3 Å². The first-order valence-electron chi connectivity index (χ1n) is 11.9. The summed E-state index contributed by atoms with van der Waals surface area (Å²) in [6.45, 7) is 6.59. The van der Waals surface area contributed by atoms with Crippen LogP contribution in [0.4, 0.5) is 19.9 Å². The van der Waals surface area contributed by atoms with Crippen molar-refractivity contribution >= 4 is 50.3 Å². The molecule has 1 atom stereocenters. The Kier molecular flexibility index (Phi) is 7.54. The lowest BCUT2D eigenvalue weighted by Gasteiger charge is -2.47. The molecule has 0 bridgehead atoms. The number of aromatic nitrogens is 3. The van der Waals surface area contributed by atoms with Crippen molar-refractivity contribution in [3.63, 3.8) is 0 Å². The quantitative estimate of drug-likeness (QED) is 0.378. The summed E-state index contributed by atoms with van der Waals surface area (Å²) < 4.78 is 31.2. The van der Waals surface area contributed by atoms with Gasteiger partial charge in [-0.25, -0.2) is 15.0 Å². The fraction of sp³-hybridized carbons (Fsp3) is 0.500. The maximum atomic E-state index is 13.0. The van der Waals surface area contributed by atoms with Crippen LogP contribution in [-0.4, -0.2) is 70.9 Å². The lowest BCUT2D eigenvalue weighted by atomic mass is 9.77. The summed E-state index contributed by atoms with van der Waals surface area (Å²) in [4.78, 5) is 28.1. The summed E-state index contributed by atoms with van der Waals surface area (Å²) in [6, 6.07) is 5.71. The van der Waals surface area contributed by atoms with Crippen molar-refractivity contribution in [2.75, 3.05) is 50.0 Å². The molecule has 1 aromatic carbocycles. The smallest absolute Gasteiger partial charge is 0.289 e. The van der Waals surface area contributed by atoms with E-state index in [-0.39, 0.29) is 11.8 Å². The van der Waals surface area contributed by atoms with Crippen LogP contribution >= 0.6 is 23.1 Å². The van der Waals surface area contributed by atoms with Crippen molar-refractivity contribution in [2.45, 2.75) is 30.4 Å². The Labute approximate surface area is 216 Å². The molecule has 0 aliphatic carbocycles. The topological polar surface area (TPSA) is 92.3 Å². The second-order valence-corrected chi connectivity index (χ2v) is 11.6. The maximum Gasteiger partial charge on any atom is 0.289 e. The van der Waals surface area contributed by atoms with E-state index in [0.29, 0.717) is 46.7 Å². The van der Waals surface area contributed by atoms with Crippen LogP contribution in [-0.2, 0) is 4.74 Å².